The molecule has 3 heterocycles. The molecule has 13 heteroatoms. The first kappa shape index (κ1) is 34.1. The number of alkyl halides is 1. The number of allylic oxidation sites excluding steroid dienone is 1. The molecule has 6 rings (SSSR count). The van der Waals surface area contributed by atoms with Gasteiger partial charge in [0.05, 0.1) is 13.2 Å². The Balaban J connectivity index is 1.27. The number of hydrogen-bond donors (Lipinski definition) is 2. The molecule has 48 heavy (non-hydrogen) atoms. The van der Waals surface area contributed by atoms with Crippen molar-refractivity contribution >= 4 is 38.5 Å². The summed E-state index contributed by atoms with van der Waals surface area (Å²) in [5.74, 6) is -0.556. The summed E-state index contributed by atoms with van der Waals surface area (Å²) in [5.41, 5.74) is -1.53. The summed E-state index contributed by atoms with van der Waals surface area (Å²) < 4.78 is 52.2. The zero-order chi connectivity index (χ0) is 34.3. The quantitative estimate of drug-likeness (QED) is 0.394. The average Bonchev–Trinajstić information content (AvgIpc) is 3.94. The summed E-state index contributed by atoms with van der Waals surface area (Å²) in [6.07, 6.45) is 8.22. The molecule has 0 radical (unpaired) electrons. The monoisotopic (exact) mass is 684 g/mol. The fraction of sp³-hybridized carbons (Fsp3) is 0.600. The highest BCUT2D eigenvalue weighted by molar-refractivity contribution is 7.91. The van der Waals surface area contributed by atoms with Gasteiger partial charge in [0.25, 0.3) is 5.91 Å². The Bertz CT molecular complexity index is 1710. The molecule has 0 spiro atoms. The van der Waals surface area contributed by atoms with Gasteiger partial charge in [-0.15, -0.1) is 0 Å². The van der Waals surface area contributed by atoms with E-state index in [4.69, 9.17) is 9.47 Å². The third kappa shape index (κ3) is 6.75. The Morgan fingerprint density at radius 1 is 1.17 bits per heavy atom. The van der Waals surface area contributed by atoms with Crippen LogP contribution in [0.2, 0.25) is 0 Å². The van der Waals surface area contributed by atoms with Crippen LogP contribution in [-0.2, 0) is 24.4 Å². The van der Waals surface area contributed by atoms with Gasteiger partial charge in [0.15, 0.2) is 0 Å². The average molecular weight is 685 g/mol. The van der Waals surface area contributed by atoms with Gasteiger partial charge >= 0.3 is 0 Å². The highest BCUT2D eigenvalue weighted by Gasteiger charge is 2.64. The number of nitrogens with zero attached hydrogens (tertiary/aromatic N) is 2. The van der Waals surface area contributed by atoms with Crippen molar-refractivity contribution in [2.45, 2.75) is 94.6 Å². The summed E-state index contributed by atoms with van der Waals surface area (Å²) >= 11 is 0. The van der Waals surface area contributed by atoms with Crippen molar-refractivity contribution in [2.75, 3.05) is 19.8 Å². The van der Waals surface area contributed by atoms with Crippen LogP contribution in [0.1, 0.15) is 72.1 Å². The molecule has 2 N–H and O–H groups in total. The molecular formula is C35H45FN4O7S. The lowest BCUT2D eigenvalue weighted by Gasteiger charge is -2.28. The molecule has 2 aromatic rings. The molecular weight excluding hydrogens is 639 g/mol. The molecule has 1 aromatic carbocycles. The molecule has 0 bridgehead atoms. The number of halogens is 1. The van der Waals surface area contributed by atoms with Crippen molar-refractivity contribution in [3.8, 4) is 11.6 Å². The van der Waals surface area contributed by atoms with Crippen LogP contribution < -0.4 is 19.5 Å². The van der Waals surface area contributed by atoms with E-state index in [9.17, 15) is 27.2 Å². The fourth-order valence-electron chi connectivity index (χ4n) is 7.21. The van der Waals surface area contributed by atoms with Crippen molar-refractivity contribution in [3.63, 3.8) is 0 Å². The predicted octanol–water partition coefficient (Wildman–Crippen LogP) is 4.21. The molecule has 3 amide bonds. The van der Waals surface area contributed by atoms with Crippen LogP contribution in [0.25, 0.3) is 10.8 Å². The second-order valence-corrected chi connectivity index (χ2v) is 16.2. The van der Waals surface area contributed by atoms with Crippen LogP contribution in [-0.4, -0.2) is 78.3 Å². The number of pyridine rings is 1. The van der Waals surface area contributed by atoms with Gasteiger partial charge in [0.2, 0.25) is 27.7 Å². The zero-order valence-corrected chi connectivity index (χ0v) is 28.6. The number of rotatable bonds is 8. The third-order valence-electron chi connectivity index (χ3n) is 10.3. The molecule has 11 nitrogen and oxygen atoms in total. The lowest BCUT2D eigenvalue weighted by molar-refractivity contribution is -0.140. The third-order valence-corrected chi connectivity index (χ3v) is 12.4. The molecule has 260 valence electrons. The number of benzene rings is 1. The van der Waals surface area contributed by atoms with Crippen molar-refractivity contribution in [1.29, 1.82) is 0 Å². The van der Waals surface area contributed by atoms with Gasteiger partial charge in [0, 0.05) is 30.3 Å². The van der Waals surface area contributed by atoms with E-state index in [1.807, 2.05) is 50.3 Å². The zero-order valence-electron chi connectivity index (χ0n) is 27.7. The van der Waals surface area contributed by atoms with Crippen molar-refractivity contribution < 1.29 is 36.7 Å². The Morgan fingerprint density at radius 3 is 2.69 bits per heavy atom. The standard InChI is InChI=1S/C35H45FN4O7S/c1-4-46-26-9-10-28-24(17-26)11-14-37-32(28)47-27-18-29-31(42)38-35(33(43)39-48(44,45)34(21-36)12-13-34)19-25(35)8-6-5-7-22(2)15-23(3)16-30(41)40(29)20-27/h6,8-11,14,17,22-23,25,27,29H,4-5,7,12-13,15-16,18-21H2,1-3H3,(H,38,42)(H,39,43)/b8-6-/t22-,23-,25-,27-,29+,35-/m1/s1. The van der Waals surface area contributed by atoms with E-state index >= 15 is 0 Å². The number of ether oxygens (including phenoxy) is 2. The highest BCUT2D eigenvalue weighted by atomic mass is 32.2. The van der Waals surface area contributed by atoms with E-state index in [1.54, 1.807) is 6.20 Å². The minimum atomic E-state index is -4.30. The Morgan fingerprint density at radius 2 is 1.96 bits per heavy atom. The van der Waals surface area contributed by atoms with Gasteiger partial charge in [-0.25, -0.2) is 17.8 Å². The number of carbonyl (C=O) groups excluding carboxylic acids is 3. The van der Waals surface area contributed by atoms with E-state index in [2.05, 4.69) is 21.9 Å². The summed E-state index contributed by atoms with van der Waals surface area (Å²) in [6, 6.07) is 6.50. The van der Waals surface area contributed by atoms with Gasteiger partial charge in [-0.1, -0.05) is 26.0 Å². The molecule has 2 saturated carbocycles. The summed E-state index contributed by atoms with van der Waals surface area (Å²) in [7, 11) is -4.30. The molecule has 0 unspecified atom stereocenters. The van der Waals surface area contributed by atoms with Crippen molar-refractivity contribution in [2.24, 2.45) is 17.8 Å². The maximum Gasteiger partial charge on any atom is 0.259 e. The summed E-state index contributed by atoms with van der Waals surface area (Å²) in [6.45, 7) is 5.68. The van der Waals surface area contributed by atoms with Crippen molar-refractivity contribution in [3.05, 3.63) is 42.6 Å². The lowest BCUT2D eigenvalue weighted by Crippen LogP contribution is -2.57. The van der Waals surface area contributed by atoms with Gasteiger partial charge in [-0.3, -0.25) is 19.1 Å². The van der Waals surface area contributed by atoms with E-state index in [0.717, 1.165) is 35.8 Å². The number of sulfonamides is 1. The minimum absolute atomic E-state index is 0.0885. The largest absolute Gasteiger partial charge is 0.494 e. The van der Waals surface area contributed by atoms with Gasteiger partial charge < -0.3 is 19.7 Å². The number of hydrogen-bond acceptors (Lipinski definition) is 8. The van der Waals surface area contributed by atoms with E-state index in [-0.39, 0.29) is 50.5 Å². The second-order valence-electron chi connectivity index (χ2n) is 14.1. The highest BCUT2D eigenvalue weighted by Crippen LogP contribution is 2.48. The second kappa shape index (κ2) is 13.3. The Kier molecular flexibility index (Phi) is 9.45. The van der Waals surface area contributed by atoms with Crippen LogP contribution in [0.3, 0.4) is 0 Å². The van der Waals surface area contributed by atoms with Crippen molar-refractivity contribution in [1.82, 2.24) is 19.9 Å². The van der Waals surface area contributed by atoms with Crippen LogP contribution in [0, 0.1) is 17.8 Å². The molecule has 2 aliphatic heterocycles. The minimum Gasteiger partial charge on any atom is -0.494 e. The number of amides is 3. The van der Waals surface area contributed by atoms with Gasteiger partial charge in [-0.2, -0.15) is 0 Å². The van der Waals surface area contributed by atoms with Crippen LogP contribution >= 0.6 is 0 Å². The Labute approximate surface area is 281 Å². The smallest absolute Gasteiger partial charge is 0.259 e. The first-order valence-electron chi connectivity index (χ1n) is 17.0. The molecule has 4 aliphatic rings. The first-order chi connectivity index (χ1) is 22.9. The summed E-state index contributed by atoms with van der Waals surface area (Å²) in [5, 5.41) is 4.48. The van der Waals surface area contributed by atoms with Crippen LogP contribution in [0.15, 0.2) is 42.6 Å². The number of nitrogens with one attached hydrogen (secondary N) is 2. The number of aromatic nitrogens is 1. The molecule has 3 fully saturated rings. The number of carbonyl (C=O) groups is 3. The molecule has 2 aliphatic carbocycles. The maximum atomic E-state index is 14.1. The lowest BCUT2D eigenvalue weighted by atomic mass is 9.91. The normalized spacial score (nSPS) is 31.0. The van der Waals surface area contributed by atoms with Gasteiger partial charge in [0.1, 0.15) is 34.9 Å². The van der Waals surface area contributed by atoms with E-state index in [0.29, 0.717) is 18.4 Å². The van der Waals surface area contributed by atoms with E-state index < -0.39 is 56.9 Å². The molecule has 1 aromatic heterocycles. The predicted molar refractivity (Wildman–Crippen MR) is 177 cm³/mol. The SMILES string of the molecule is CCOc1ccc2c(O[C@@H]3C[C@H]4C(=O)N[C@]5(C(=O)NS(=O)(=O)C6(CF)CC6)C[C@H]5/C=C\CC[C@@H](C)C[C@@H](C)CC(=O)N4C3)nccc2c1. The van der Waals surface area contributed by atoms with E-state index in [1.165, 1.54) is 4.90 Å². The topological polar surface area (TPSA) is 144 Å². The maximum absolute atomic E-state index is 14.1. The Hall–Kier alpha value is -3.74. The molecule has 6 atom stereocenters. The summed E-state index contributed by atoms with van der Waals surface area (Å²) in [4.78, 5) is 47.5. The first-order valence-corrected chi connectivity index (χ1v) is 18.5. The fourth-order valence-corrected chi connectivity index (χ4v) is 8.63. The van der Waals surface area contributed by atoms with Crippen LogP contribution in [0.5, 0.6) is 11.6 Å². The number of fused-ring (bicyclic) bond motifs is 3. The van der Waals surface area contributed by atoms with Crippen LogP contribution in [0.4, 0.5) is 4.39 Å². The van der Waals surface area contributed by atoms with Gasteiger partial charge in [-0.05, 0) is 86.9 Å². The molecule has 1 saturated heterocycles.